The van der Waals surface area contributed by atoms with Gasteiger partial charge in [0.1, 0.15) is 22.6 Å². The van der Waals surface area contributed by atoms with Gasteiger partial charge in [0, 0.05) is 42.7 Å². The predicted octanol–water partition coefficient (Wildman–Crippen LogP) is 7.54. The second-order valence-electron chi connectivity index (χ2n) is 15.4. The SMILES string of the molecule is C=CC(=O)NCCCCOc1c(C(=O)O)cc2ccccc2c1C(CCCCNC(=O)C=C)(CCCCNC(=O)C=C)c1c(OCCCCNC(=O)C=C)c(C(=O)O)cc2ccccc12. The number of hydrogen-bond acceptors (Lipinski definition) is 8. The number of carbonyl (C=O) groups excluding carboxylic acids is 4. The summed E-state index contributed by atoms with van der Waals surface area (Å²) in [6, 6.07) is 17.9. The van der Waals surface area contributed by atoms with E-state index in [0.29, 0.717) is 123 Å². The van der Waals surface area contributed by atoms with Gasteiger partial charge in [-0.2, -0.15) is 0 Å². The van der Waals surface area contributed by atoms with Gasteiger partial charge in [0.05, 0.1) is 13.2 Å². The number of carbonyl (C=O) groups is 6. The largest absolute Gasteiger partial charge is 0.492 e. The molecule has 4 amide bonds. The van der Waals surface area contributed by atoms with Crippen LogP contribution < -0.4 is 30.7 Å². The molecule has 0 saturated heterocycles. The van der Waals surface area contributed by atoms with Crippen LogP contribution in [-0.4, -0.2) is 85.2 Å². The number of hydrogen-bond donors (Lipinski definition) is 6. The zero-order valence-corrected chi connectivity index (χ0v) is 36.9. The lowest BCUT2D eigenvalue weighted by molar-refractivity contribution is -0.117. The summed E-state index contributed by atoms with van der Waals surface area (Å²) in [5.74, 6) is -3.55. The molecule has 4 aromatic carbocycles. The number of fused-ring (bicyclic) bond motifs is 2. The van der Waals surface area contributed by atoms with Crippen molar-refractivity contribution in [3.05, 3.63) is 134 Å². The zero-order valence-electron chi connectivity index (χ0n) is 36.9. The smallest absolute Gasteiger partial charge is 0.339 e. The number of carboxylic acid groups (broad SMARTS) is 2. The lowest BCUT2D eigenvalue weighted by Crippen LogP contribution is -2.33. The molecule has 0 aliphatic heterocycles. The summed E-state index contributed by atoms with van der Waals surface area (Å²) in [4.78, 5) is 75.1. The molecule has 0 saturated carbocycles. The summed E-state index contributed by atoms with van der Waals surface area (Å²) in [6.45, 7) is 15.5. The number of unbranched alkanes of at least 4 members (excludes halogenated alkanes) is 4. The maximum Gasteiger partial charge on any atom is 0.339 e. The minimum atomic E-state index is -1.25. The van der Waals surface area contributed by atoms with Crippen LogP contribution in [0.2, 0.25) is 0 Å². The van der Waals surface area contributed by atoms with Gasteiger partial charge in [-0.05, 0) is 109 Å². The molecule has 344 valence electrons. The van der Waals surface area contributed by atoms with E-state index < -0.39 is 17.4 Å². The molecule has 0 aromatic heterocycles. The van der Waals surface area contributed by atoms with E-state index >= 15 is 0 Å². The first kappa shape index (κ1) is 50.4. The number of aromatic carboxylic acids is 2. The summed E-state index contributed by atoms with van der Waals surface area (Å²) in [7, 11) is 0. The van der Waals surface area contributed by atoms with Gasteiger partial charge in [0.2, 0.25) is 23.6 Å². The predicted molar refractivity (Wildman–Crippen MR) is 253 cm³/mol. The topological polar surface area (TPSA) is 209 Å². The molecule has 0 spiro atoms. The van der Waals surface area contributed by atoms with E-state index in [9.17, 15) is 39.0 Å². The first-order valence-corrected chi connectivity index (χ1v) is 21.9. The lowest BCUT2D eigenvalue weighted by atomic mass is 9.64. The van der Waals surface area contributed by atoms with Gasteiger partial charge < -0.3 is 41.0 Å². The maximum absolute atomic E-state index is 13.5. The van der Waals surface area contributed by atoms with E-state index in [0.717, 1.165) is 0 Å². The standard InChI is InChI=1S/C51H60N4O10/c1-5-41(56)52-27-15-13-25-51(26-14-16-28-53-42(57)6-2,45-37-23-11-9-21-35(37)33-39(49(60)61)47(45)64-31-19-17-29-54-43(58)7-3)46-38-24-12-10-22-36(38)34-40(50(62)63)48(46)65-32-20-18-30-55-44(59)8-4/h5-12,21-24,33-34H,1-4,13-20,25-32H2,(H,52,56)(H,53,57)(H,54,58)(H,55,59)(H,60,61)(H,62,63). The molecule has 14 nitrogen and oxygen atoms in total. The fourth-order valence-corrected chi connectivity index (χ4v) is 8.02. The Kier molecular flexibility index (Phi) is 20.0. The molecule has 65 heavy (non-hydrogen) atoms. The molecule has 0 heterocycles. The zero-order chi connectivity index (χ0) is 47.2. The van der Waals surface area contributed by atoms with Crippen LogP contribution in [0, 0.1) is 0 Å². The molecule has 0 unspecified atom stereocenters. The molecular weight excluding hydrogens is 829 g/mol. The number of ether oxygens (including phenoxy) is 2. The third-order valence-corrected chi connectivity index (χ3v) is 11.1. The van der Waals surface area contributed by atoms with Crippen molar-refractivity contribution in [1.29, 1.82) is 0 Å². The third kappa shape index (κ3) is 13.9. The van der Waals surface area contributed by atoms with Crippen LogP contribution in [0.4, 0.5) is 0 Å². The monoisotopic (exact) mass is 888 g/mol. The van der Waals surface area contributed by atoms with Crippen LogP contribution >= 0.6 is 0 Å². The van der Waals surface area contributed by atoms with Crippen molar-refractivity contribution in [2.75, 3.05) is 39.4 Å². The van der Waals surface area contributed by atoms with E-state index in [1.54, 1.807) is 12.1 Å². The van der Waals surface area contributed by atoms with Crippen molar-refractivity contribution in [3.8, 4) is 11.5 Å². The summed E-state index contributed by atoms with van der Waals surface area (Å²) < 4.78 is 13.4. The summed E-state index contributed by atoms with van der Waals surface area (Å²) in [5, 5.41) is 35.7. The molecular formula is C51H60N4O10. The Morgan fingerprint density at radius 1 is 0.492 bits per heavy atom. The molecule has 0 atom stereocenters. The van der Waals surface area contributed by atoms with Crippen molar-refractivity contribution in [3.63, 3.8) is 0 Å². The van der Waals surface area contributed by atoms with Gasteiger partial charge in [-0.1, -0.05) is 87.7 Å². The van der Waals surface area contributed by atoms with E-state index in [4.69, 9.17) is 9.47 Å². The lowest BCUT2D eigenvalue weighted by Gasteiger charge is -2.40. The summed E-state index contributed by atoms with van der Waals surface area (Å²) in [5.41, 5.74) is -0.378. The highest BCUT2D eigenvalue weighted by molar-refractivity contribution is 6.04. The Bertz CT molecular complexity index is 2220. The van der Waals surface area contributed by atoms with Crippen LogP contribution in [0.25, 0.3) is 21.5 Å². The van der Waals surface area contributed by atoms with E-state index in [1.807, 2.05) is 48.5 Å². The Labute approximate surface area is 379 Å². The average Bonchev–Trinajstić information content (AvgIpc) is 3.31. The van der Waals surface area contributed by atoms with Crippen LogP contribution in [0.15, 0.2) is 111 Å². The minimum Gasteiger partial charge on any atom is -0.492 e. The number of nitrogens with one attached hydrogen (secondary N) is 4. The molecule has 0 aliphatic rings. The van der Waals surface area contributed by atoms with E-state index in [-0.39, 0.29) is 59.5 Å². The first-order chi connectivity index (χ1) is 31.4. The number of benzene rings is 4. The van der Waals surface area contributed by atoms with Crippen molar-refractivity contribution in [2.24, 2.45) is 0 Å². The highest BCUT2D eigenvalue weighted by Crippen LogP contribution is 2.55. The minimum absolute atomic E-state index is 0.0779. The Hall–Kier alpha value is -7.22. The van der Waals surface area contributed by atoms with Crippen molar-refractivity contribution in [1.82, 2.24) is 21.3 Å². The number of carboxylic acids is 2. The molecule has 4 rings (SSSR count). The second-order valence-corrected chi connectivity index (χ2v) is 15.4. The molecule has 14 heteroatoms. The van der Waals surface area contributed by atoms with Gasteiger partial charge in [0.25, 0.3) is 0 Å². The van der Waals surface area contributed by atoms with Gasteiger partial charge in [0.15, 0.2) is 0 Å². The fraction of sp³-hybridized carbons (Fsp3) is 0.333. The molecule has 0 fully saturated rings. The molecule has 0 aliphatic carbocycles. The Balaban J connectivity index is 2.10. The quantitative estimate of drug-likeness (QED) is 0.0224. The van der Waals surface area contributed by atoms with Crippen LogP contribution in [0.1, 0.15) is 96.1 Å². The van der Waals surface area contributed by atoms with Gasteiger partial charge in [-0.25, -0.2) is 9.59 Å². The highest BCUT2D eigenvalue weighted by Gasteiger charge is 2.43. The van der Waals surface area contributed by atoms with Gasteiger partial charge in [-0.3, -0.25) is 19.2 Å². The van der Waals surface area contributed by atoms with Crippen molar-refractivity contribution >= 4 is 57.1 Å². The van der Waals surface area contributed by atoms with Crippen LogP contribution in [0.5, 0.6) is 11.5 Å². The Morgan fingerprint density at radius 2 is 0.815 bits per heavy atom. The maximum atomic E-state index is 13.5. The third-order valence-electron chi connectivity index (χ3n) is 11.1. The van der Waals surface area contributed by atoms with Crippen molar-refractivity contribution in [2.45, 2.75) is 69.6 Å². The Morgan fingerprint density at radius 3 is 1.14 bits per heavy atom. The fourth-order valence-electron chi connectivity index (χ4n) is 8.02. The number of amides is 4. The van der Waals surface area contributed by atoms with Crippen LogP contribution in [0.3, 0.4) is 0 Å². The van der Waals surface area contributed by atoms with E-state index in [1.165, 1.54) is 24.3 Å². The van der Waals surface area contributed by atoms with Crippen LogP contribution in [-0.2, 0) is 24.6 Å². The molecule has 0 radical (unpaired) electrons. The molecule has 0 bridgehead atoms. The van der Waals surface area contributed by atoms with Gasteiger partial charge in [-0.15, -0.1) is 0 Å². The summed E-state index contributed by atoms with van der Waals surface area (Å²) >= 11 is 0. The average molecular weight is 889 g/mol. The molecule has 4 aromatic rings. The molecule has 6 N–H and O–H groups in total. The summed E-state index contributed by atoms with van der Waals surface area (Å²) in [6.07, 6.45) is 9.20. The highest BCUT2D eigenvalue weighted by atomic mass is 16.5. The number of rotatable bonds is 30. The second kappa shape index (κ2) is 25.8. The first-order valence-electron chi connectivity index (χ1n) is 21.9. The normalized spacial score (nSPS) is 11.0. The van der Waals surface area contributed by atoms with Crippen molar-refractivity contribution < 1.29 is 48.5 Å². The van der Waals surface area contributed by atoms with E-state index in [2.05, 4.69) is 47.6 Å². The van der Waals surface area contributed by atoms with Gasteiger partial charge >= 0.3 is 11.9 Å².